The maximum atomic E-state index is 4.95. The average molecular weight is 413 g/mol. The van der Waals surface area contributed by atoms with Crippen LogP contribution in [0.25, 0.3) is 22.1 Å². The number of hydrogen-bond acceptors (Lipinski definition) is 7. The number of hydrogen-bond donors (Lipinski definition) is 1. The molecule has 0 bridgehead atoms. The molecule has 0 spiro atoms. The van der Waals surface area contributed by atoms with E-state index in [1.165, 1.54) is 0 Å². The molecule has 0 amide bonds. The van der Waals surface area contributed by atoms with Crippen LogP contribution in [-0.2, 0) is 6.54 Å². The lowest BCUT2D eigenvalue weighted by atomic mass is 10.0. The number of rotatable bonds is 4. The van der Waals surface area contributed by atoms with E-state index in [4.69, 9.17) is 10.1 Å². The summed E-state index contributed by atoms with van der Waals surface area (Å²) in [5.41, 5.74) is 4.81. The van der Waals surface area contributed by atoms with E-state index in [0.29, 0.717) is 12.6 Å². The Labute approximate surface area is 180 Å². The summed E-state index contributed by atoms with van der Waals surface area (Å²) in [4.78, 5) is 9.35. The average Bonchev–Trinajstić information content (AvgIpc) is 3.47. The highest BCUT2D eigenvalue weighted by atomic mass is 15.5. The van der Waals surface area contributed by atoms with Crippen LogP contribution in [0.5, 0.6) is 0 Å². The molecule has 1 unspecified atom stereocenters. The van der Waals surface area contributed by atoms with Crippen molar-refractivity contribution < 1.29 is 0 Å². The zero-order valence-corrected chi connectivity index (χ0v) is 17.2. The van der Waals surface area contributed by atoms with Gasteiger partial charge in [-0.2, -0.15) is 5.10 Å². The van der Waals surface area contributed by atoms with Gasteiger partial charge in [0.25, 0.3) is 0 Å². The Morgan fingerprint density at radius 2 is 1.94 bits per heavy atom. The lowest BCUT2D eigenvalue weighted by Gasteiger charge is -2.30. The zero-order chi connectivity index (χ0) is 20.6. The zero-order valence-electron chi connectivity index (χ0n) is 17.2. The van der Waals surface area contributed by atoms with Crippen LogP contribution in [0.2, 0.25) is 0 Å². The normalized spacial score (nSPS) is 19.6. The molecular weight excluding hydrogens is 388 g/mol. The molecular formula is C23H24N8. The Bertz CT molecular complexity index is 1260. The third-order valence-electron chi connectivity index (χ3n) is 6.27. The van der Waals surface area contributed by atoms with Crippen LogP contribution in [0.1, 0.15) is 30.0 Å². The molecule has 8 heteroatoms. The van der Waals surface area contributed by atoms with Gasteiger partial charge in [-0.05, 0) is 61.8 Å². The van der Waals surface area contributed by atoms with Crippen LogP contribution in [0.3, 0.4) is 0 Å². The summed E-state index contributed by atoms with van der Waals surface area (Å²) in [7, 11) is 0. The maximum Gasteiger partial charge on any atom is 0.179 e. The van der Waals surface area contributed by atoms with E-state index in [1.807, 2.05) is 35.3 Å². The number of hydrazone groups is 1. The molecule has 6 rings (SSSR count). The standard InChI is InChI=1S/C23H24N8/c1-2-17-12-16(3-4-20(17)25-9-1)14-31-23-22(28-29-31)6-5-21(27-23)18-13-26-30(15-18)19-7-10-24-11-8-19/h1-6,9,12-13,18-19,24H,7-8,10-11,14-15H2. The van der Waals surface area contributed by atoms with E-state index in [9.17, 15) is 0 Å². The van der Waals surface area contributed by atoms with Gasteiger partial charge in [0, 0.05) is 30.4 Å². The van der Waals surface area contributed by atoms with Gasteiger partial charge in [0.05, 0.1) is 23.7 Å². The lowest BCUT2D eigenvalue weighted by Crippen LogP contribution is -2.40. The Kier molecular flexibility index (Phi) is 4.57. The van der Waals surface area contributed by atoms with Crippen molar-refractivity contribution in [2.24, 2.45) is 5.10 Å². The summed E-state index contributed by atoms with van der Waals surface area (Å²) in [5.74, 6) is 0.203. The molecule has 8 nitrogen and oxygen atoms in total. The van der Waals surface area contributed by atoms with Gasteiger partial charge < -0.3 is 5.32 Å². The Hall–Kier alpha value is -3.39. The molecule has 2 aliphatic heterocycles. The highest BCUT2D eigenvalue weighted by Crippen LogP contribution is 2.25. The third kappa shape index (κ3) is 3.53. The van der Waals surface area contributed by atoms with E-state index in [1.54, 1.807) is 0 Å². The third-order valence-corrected chi connectivity index (χ3v) is 6.27. The van der Waals surface area contributed by atoms with Crippen LogP contribution >= 0.6 is 0 Å². The Balaban J connectivity index is 1.25. The highest BCUT2D eigenvalue weighted by molar-refractivity contribution is 5.79. The molecule has 4 aromatic rings. The van der Waals surface area contributed by atoms with Crippen molar-refractivity contribution in [2.45, 2.75) is 31.3 Å². The first-order valence-electron chi connectivity index (χ1n) is 10.9. The van der Waals surface area contributed by atoms with Crippen molar-refractivity contribution in [2.75, 3.05) is 19.6 Å². The van der Waals surface area contributed by atoms with Crippen LogP contribution in [-0.4, -0.2) is 61.9 Å². The second-order valence-electron chi connectivity index (χ2n) is 8.33. The first-order valence-corrected chi connectivity index (χ1v) is 10.9. The molecule has 1 aromatic carbocycles. The maximum absolute atomic E-state index is 4.95. The van der Waals surface area contributed by atoms with Crippen LogP contribution < -0.4 is 5.32 Å². The van der Waals surface area contributed by atoms with Gasteiger partial charge in [0.2, 0.25) is 0 Å². The van der Waals surface area contributed by atoms with Crippen molar-refractivity contribution in [1.82, 2.24) is 35.3 Å². The fourth-order valence-electron chi connectivity index (χ4n) is 4.56. The van der Waals surface area contributed by atoms with Crippen LogP contribution in [0.15, 0.2) is 53.8 Å². The van der Waals surface area contributed by atoms with E-state index in [-0.39, 0.29) is 5.92 Å². The summed E-state index contributed by atoms with van der Waals surface area (Å²) < 4.78 is 1.88. The number of nitrogens with one attached hydrogen (secondary N) is 1. The van der Waals surface area contributed by atoms with Crippen LogP contribution in [0, 0.1) is 0 Å². The monoisotopic (exact) mass is 412 g/mol. The number of benzene rings is 1. The van der Waals surface area contributed by atoms with Crippen molar-refractivity contribution in [3.8, 4) is 0 Å². The van der Waals surface area contributed by atoms with Crippen molar-refractivity contribution >= 4 is 28.3 Å². The number of nitrogens with zero attached hydrogens (tertiary/aromatic N) is 7. The molecule has 0 aliphatic carbocycles. The molecule has 2 aliphatic rings. The number of aromatic nitrogens is 5. The van der Waals surface area contributed by atoms with Crippen molar-refractivity contribution in [3.05, 3.63) is 59.9 Å². The number of pyridine rings is 2. The molecule has 5 heterocycles. The predicted octanol–water partition coefficient (Wildman–Crippen LogP) is 2.56. The van der Waals surface area contributed by atoms with Gasteiger partial charge in [-0.3, -0.25) is 9.99 Å². The molecule has 1 N–H and O–H groups in total. The second-order valence-corrected chi connectivity index (χ2v) is 8.33. The largest absolute Gasteiger partial charge is 0.317 e. The molecule has 1 fully saturated rings. The molecule has 156 valence electrons. The van der Waals surface area contributed by atoms with Gasteiger partial charge >= 0.3 is 0 Å². The van der Waals surface area contributed by atoms with Gasteiger partial charge in [-0.1, -0.05) is 17.3 Å². The number of fused-ring (bicyclic) bond motifs is 2. The number of piperidine rings is 1. The smallest absolute Gasteiger partial charge is 0.179 e. The fourth-order valence-corrected chi connectivity index (χ4v) is 4.56. The summed E-state index contributed by atoms with van der Waals surface area (Å²) in [6.45, 7) is 3.66. The van der Waals surface area contributed by atoms with E-state index in [0.717, 1.165) is 65.8 Å². The highest BCUT2D eigenvalue weighted by Gasteiger charge is 2.27. The van der Waals surface area contributed by atoms with E-state index in [2.05, 4.69) is 49.9 Å². The quantitative estimate of drug-likeness (QED) is 0.555. The predicted molar refractivity (Wildman–Crippen MR) is 120 cm³/mol. The van der Waals surface area contributed by atoms with E-state index < -0.39 is 0 Å². The van der Waals surface area contributed by atoms with Gasteiger partial charge in [-0.15, -0.1) is 5.10 Å². The molecule has 1 saturated heterocycles. The first kappa shape index (κ1) is 18.4. The molecule has 0 radical (unpaired) electrons. The Morgan fingerprint density at radius 3 is 2.87 bits per heavy atom. The lowest BCUT2D eigenvalue weighted by molar-refractivity contribution is 0.181. The van der Waals surface area contributed by atoms with Gasteiger partial charge in [-0.25, -0.2) is 9.67 Å². The van der Waals surface area contributed by atoms with Crippen LogP contribution in [0.4, 0.5) is 0 Å². The SMILES string of the molecule is C1=NN(C2CCNCC2)CC1c1ccc2nnn(Cc3ccc4ncccc4c3)c2n1. The fraction of sp³-hybridized carbons (Fsp3) is 0.348. The van der Waals surface area contributed by atoms with Crippen molar-refractivity contribution in [1.29, 1.82) is 0 Å². The minimum Gasteiger partial charge on any atom is -0.317 e. The van der Waals surface area contributed by atoms with Crippen molar-refractivity contribution in [3.63, 3.8) is 0 Å². The minimum atomic E-state index is 0.203. The summed E-state index contributed by atoms with van der Waals surface area (Å²) >= 11 is 0. The van der Waals surface area contributed by atoms with Gasteiger partial charge in [0.1, 0.15) is 5.52 Å². The van der Waals surface area contributed by atoms with E-state index >= 15 is 0 Å². The minimum absolute atomic E-state index is 0.203. The van der Waals surface area contributed by atoms with Gasteiger partial charge in [0.15, 0.2) is 5.65 Å². The summed E-state index contributed by atoms with van der Waals surface area (Å²) in [5, 5.41) is 20.2. The topological polar surface area (TPSA) is 84.1 Å². The Morgan fingerprint density at radius 1 is 1.03 bits per heavy atom. The summed E-state index contributed by atoms with van der Waals surface area (Å²) in [6, 6.07) is 14.9. The molecule has 0 saturated carbocycles. The second kappa shape index (κ2) is 7.70. The molecule has 1 atom stereocenters. The molecule has 3 aromatic heterocycles. The molecule has 31 heavy (non-hydrogen) atoms. The first-order chi connectivity index (χ1) is 15.3. The summed E-state index contributed by atoms with van der Waals surface area (Å²) in [6.07, 6.45) is 6.15.